The van der Waals surface area contributed by atoms with Crippen LogP contribution >= 0.6 is 0 Å². The monoisotopic (exact) mass is 307 g/mol. The van der Waals surface area contributed by atoms with Gasteiger partial charge in [0.1, 0.15) is 0 Å². The molecule has 0 spiro atoms. The maximum atomic E-state index is 12.3. The molecule has 0 saturated heterocycles. The third-order valence-electron chi connectivity index (χ3n) is 3.80. The van der Waals surface area contributed by atoms with Gasteiger partial charge in [0.2, 0.25) is 10.0 Å². The van der Waals surface area contributed by atoms with Gasteiger partial charge in [-0.1, -0.05) is 25.2 Å². The first-order chi connectivity index (χ1) is 10.0. The van der Waals surface area contributed by atoms with Gasteiger partial charge >= 0.3 is 0 Å². The molecular formula is C16H21NO3S. The van der Waals surface area contributed by atoms with E-state index < -0.39 is 10.0 Å². The fourth-order valence-corrected chi connectivity index (χ4v) is 3.90. The Balaban J connectivity index is 2.08. The van der Waals surface area contributed by atoms with E-state index in [2.05, 4.69) is 23.5 Å². The molecule has 0 aromatic heterocycles. The van der Waals surface area contributed by atoms with Gasteiger partial charge in [-0.15, -0.1) is 0 Å². The highest BCUT2D eigenvalue weighted by atomic mass is 32.2. The van der Waals surface area contributed by atoms with Crippen molar-refractivity contribution in [1.82, 2.24) is 4.72 Å². The smallest absolute Gasteiger partial charge is 0.240 e. The number of nitrogens with one attached hydrogen (secondary N) is 1. The van der Waals surface area contributed by atoms with Crippen LogP contribution < -0.4 is 4.72 Å². The highest BCUT2D eigenvalue weighted by molar-refractivity contribution is 7.89. The highest BCUT2D eigenvalue weighted by Gasteiger charge is 2.28. The minimum atomic E-state index is -3.46. The second-order valence-corrected chi connectivity index (χ2v) is 7.15. The van der Waals surface area contributed by atoms with E-state index in [1.165, 1.54) is 0 Å². The zero-order chi connectivity index (χ0) is 15.3. The summed E-state index contributed by atoms with van der Waals surface area (Å²) in [5.41, 5.74) is 0.747. The van der Waals surface area contributed by atoms with Crippen LogP contribution in [0.25, 0.3) is 0 Å². The number of rotatable bonds is 4. The van der Waals surface area contributed by atoms with Gasteiger partial charge in [0.25, 0.3) is 0 Å². The Bertz CT molecular complexity index is 626. The summed E-state index contributed by atoms with van der Waals surface area (Å²) in [6, 6.07) is 6.57. The highest BCUT2D eigenvalue weighted by Crippen LogP contribution is 2.26. The zero-order valence-electron chi connectivity index (χ0n) is 12.2. The topological polar surface area (TPSA) is 66.4 Å². The summed E-state index contributed by atoms with van der Waals surface area (Å²) in [5, 5.41) is 8.66. The van der Waals surface area contributed by atoms with Crippen LogP contribution in [0.15, 0.2) is 29.2 Å². The quantitative estimate of drug-likeness (QED) is 0.835. The Morgan fingerprint density at radius 2 is 2.00 bits per heavy atom. The third-order valence-corrected chi connectivity index (χ3v) is 5.31. The van der Waals surface area contributed by atoms with E-state index >= 15 is 0 Å². The number of aliphatic hydroxyl groups is 1. The van der Waals surface area contributed by atoms with Crippen molar-refractivity contribution >= 4 is 10.0 Å². The maximum Gasteiger partial charge on any atom is 0.240 e. The van der Waals surface area contributed by atoms with Gasteiger partial charge in [-0.2, -0.15) is 0 Å². The molecule has 2 atom stereocenters. The van der Waals surface area contributed by atoms with E-state index in [4.69, 9.17) is 5.11 Å². The molecule has 21 heavy (non-hydrogen) atoms. The Labute approximate surface area is 126 Å². The molecular weight excluding hydrogens is 286 g/mol. The summed E-state index contributed by atoms with van der Waals surface area (Å²) >= 11 is 0. The molecule has 114 valence electrons. The van der Waals surface area contributed by atoms with E-state index in [0.717, 1.165) is 24.8 Å². The summed E-state index contributed by atoms with van der Waals surface area (Å²) in [6.07, 6.45) is 3.48. The van der Waals surface area contributed by atoms with Crippen molar-refractivity contribution in [2.45, 2.75) is 43.5 Å². The summed E-state index contributed by atoms with van der Waals surface area (Å²) in [5.74, 6) is 6.08. The van der Waals surface area contributed by atoms with Crippen LogP contribution in [0.4, 0.5) is 0 Å². The number of hydrogen-bond donors (Lipinski definition) is 2. The molecule has 0 aliphatic heterocycles. The molecule has 1 fully saturated rings. The summed E-state index contributed by atoms with van der Waals surface area (Å²) in [4.78, 5) is 0.273. The van der Waals surface area contributed by atoms with Crippen LogP contribution in [0.2, 0.25) is 0 Å². The first-order valence-electron chi connectivity index (χ1n) is 7.25. The Morgan fingerprint density at radius 1 is 1.29 bits per heavy atom. The van der Waals surface area contributed by atoms with Crippen molar-refractivity contribution < 1.29 is 13.5 Å². The first kappa shape index (κ1) is 16.0. The molecule has 2 N–H and O–H groups in total. The van der Waals surface area contributed by atoms with Crippen molar-refractivity contribution in [1.29, 1.82) is 0 Å². The second kappa shape index (κ2) is 7.08. The van der Waals surface area contributed by atoms with Crippen LogP contribution in [0.3, 0.4) is 0 Å². The summed E-state index contributed by atoms with van der Waals surface area (Å²) in [6.45, 7) is 2.11. The second-order valence-electron chi connectivity index (χ2n) is 5.44. The molecule has 5 heteroatoms. The molecule has 1 aromatic rings. The van der Waals surface area contributed by atoms with Crippen molar-refractivity contribution in [3.8, 4) is 11.8 Å². The molecule has 1 aliphatic rings. The first-order valence-corrected chi connectivity index (χ1v) is 8.73. The lowest BCUT2D eigenvalue weighted by Crippen LogP contribution is -2.36. The molecule has 2 unspecified atom stereocenters. The SMILES string of the molecule is CC1CCCC1NS(=O)(=O)c1ccc(C#CCCO)cc1. The average molecular weight is 307 g/mol. The molecule has 0 bridgehead atoms. The average Bonchev–Trinajstić information content (AvgIpc) is 2.84. The van der Waals surface area contributed by atoms with E-state index in [1.807, 2.05) is 0 Å². The normalized spacial score (nSPS) is 21.8. The molecule has 0 amide bonds. The van der Waals surface area contributed by atoms with Crippen molar-refractivity contribution in [3.05, 3.63) is 29.8 Å². The lowest BCUT2D eigenvalue weighted by Gasteiger charge is -2.17. The number of benzene rings is 1. The van der Waals surface area contributed by atoms with Gasteiger partial charge in [-0.05, 0) is 43.0 Å². The Hall–Kier alpha value is -1.35. The van der Waals surface area contributed by atoms with Gasteiger partial charge in [-0.25, -0.2) is 13.1 Å². The summed E-state index contributed by atoms with van der Waals surface area (Å²) in [7, 11) is -3.46. The van der Waals surface area contributed by atoms with Crippen LogP contribution in [-0.2, 0) is 10.0 Å². The zero-order valence-corrected chi connectivity index (χ0v) is 13.0. The lowest BCUT2D eigenvalue weighted by molar-refractivity contribution is 0.305. The minimum Gasteiger partial charge on any atom is -0.395 e. The minimum absolute atomic E-state index is 0.0307. The molecule has 0 heterocycles. The Morgan fingerprint density at radius 3 is 2.57 bits per heavy atom. The molecule has 1 saturated carbocycles. The molecule has 1 aromatic carbocycles. The van der Waals surface area contributed by atoms with Crippen LogP contribution in [0.5, 0.6) is 0 Å². The van der Waals surface area contributed by atoms with E-state index in [9.17, 15) is 8.42 Å². The molecule has 4 nitrogen and oxygen atoms in total. The van der Waals surface area contributed by atoms with Crippen LogP contribution in [-0.4, -0.2) is 26.2 Å². The number of sulfonamides is 1. The Kier molecular flexibility index (Phi) is 5.40. The van der Waals surface area contributed by atoms with E-state index in [1.54, 1.807) is 24.3 Å². The standard InChI is InChI=1S/C16H21NO3S/c1-13-5-4-7-16(13)17-21(19,20)15-10-8-14(9-11-15)6-2-3-12-18/h8-11,13,16-18H,3-5,7,12H2,1H3. The maximum absolute atomic E-state index is 12.3. The lowest BCUT2D eigenvalue weighted by atomic mass is 10.1. The summed E-state index contributed by atoms with van der Waals surface area (Å²) < 4.78 is 27.4. The van der Waals surface area contributed by atoms with Crippen molar-refractivity contribution in [2.75, 3.05) is 6.61 Å². The fourth-order valence-electron chi connectivity index (χ4n) is 2.53. The fraction of sp³-hybridized carbons (Fsp3) is 0.500. The van der Waals surface area contributed by atoms with E-state index in [0.29, 0.717) is 12.3 Å². The van der Waals surface area contributed by atoms with Gasteiger partial charge in [0.15, 0.2) is 0 Å². The molecule has 1 aliphatic carbocycles. The van der Waals surface area contributed by atoms with Crippen LogP contribution in [0.1, 0.15) is 38.2 Å². The predicted molar refractivity (Wildman–Crippen MR) is 82.1 cm³/mol. The largest absolute Gasteiger partial charge is 0.395 e. The third kappa shape index (κ3) is 4.31. The number of aliphatic hydroxyl groups excluding tert-OH is 1. The van der Waals surface area contributed by atoms with Gasteiger partial charge in [0, 0.05) is 18.0 Å². The van der Waals surface area contributed by atoms with Crippen LogP contribution in [0, 0.1) is 17.8 Å². The predicted octanol–water partition coefficient (Wildman–Crippen LogP) is 1.89. The van der Waals surface area contributed by atoms with E-state index in [-0.39, 0.29) is 17.5 Å². The van der Waals surface area contributed by atoms with Crippen molar-refractivity contribution in [2.24, 2.45) is 5.92 Å². The van der Waals surface area contributed by atoms with Gasteiger partial charge < -0.3 is 5.11 Å². The van der Waals surface area contributed by atoms with Gasteiger partial charge in [0.05, 0.1) is 11.5 Å². The number of hydrogen-bond acceptors (Lipinski definition) is 3. The van der Waals surface area contributed by atoms with Crippen molar-refractivity contribution in [3.63, 3.8) is 0 Å². The van der Waals surface area contributed by atoms with Gasteiger partial charge in [-0.3, -0.25) is 0 Å². The molecule has 2 rings (SSSR count). The molecule has 0 radical (unpaired) electrons.